The molecule has 1 aliphatic rings. The first-order valence-electron chi connectivity index (χ1n) is 10.1. The van der Waals surface area contributed by atoms with Crippen LogP contribution >= 0.6 is 0 Å². The van der Waals surface area contributed by atoms with Crippen LogP contribution in [0.3, 0.4) is 0 Å². The standard InChI is InChI=1S/C25H23F2NO4/c1-30-18-7-4-15(5-8-18)24-19-14-23(32-3)22(31-2)13-16(19)10-11-28(24)25(29)17-6-9-20(26)21(27)12-17/h4-9,12-14,24H,10-11H2,1-3H3. The summed E-state index contributed by atoms with van der Waals surface area (Å²) >= 11 is 0. The summed E-state index contributed by atoms with van der Waals surface area (Å²) in [5, 5.41) is 0. The molecule has 0 aromatic heterocycles. The summed E-state index contributed by atoms with van der Waals surface area (Å²) in [6, 6.07) is 14.0. The van der Waals surface area contributed by atoms with Crippen molar-refractivity contribution >= 4 is 5.91 Å². The summed E-state index contributed by atoms with van der Waals surface area (Å²) in [5.41, 5.74) is 2.86. The fourth-order valence-corrected chi connectivity index (χ4v) is 4.11. The zero-order valence-corrected chi connectivity index (χ0v) is 18.0. The van der Waals surface area contributed by atoms with E-state index in [1.165, 1.54) is 6.07 Å². The van der Waals surface area contributed by atoms with Gasteiger partial charge < -0.3 is 19.1 Å². The maximum atomic E-state index is 13.8. The zero-order valence-electron chi connectivity index (χ0n) is 18.0. The van der Waals surface area contributed by atoms with E-state index < -0.39 is 17.7 Å². The molecule has 1 heterocycles. The van der Waals surface area contributed by atoms with Gasteiger partial charge in [-0.1, -0.05) is 12.1 Å². The molecule has 0 fully saturated rings. The van der Waals surface area contributed by atoms with E-state index in [1.54, 1.807) is 26.2 Å². The van der Waals surface area contributed by atoms with Crippen molar-refractivity contribution in [1.82, 2.24) is 4.90 Å². The minimum atomic E-state index is -1.05. The summed E-state index contributed by atoms with van der Waals surface area (Å²) < 4.78 is 43.5. The highest BCUT2D eigenvalue weighted by Crippen LogP contribution is 2.41. The molecule has 1 aliphatic heterocycles. The zero-order chi connectivity index (χ0) is 22.8. The fraction of sp³-hybridized carbons (Fsp3) is 0.240. The van der Waals surface area contributed by atoms with Gasteiger partial charge in [-0.25, -0.2) is 8.78 Å². The van der Waals surface area contributed by atoms with Gasteiger partial charge in [-0.2, -0.15) is 0 Å². The number of nitrogens with zero attached hydrogens (tertiary/aromatic N) is 1. The third-order valence-corrected chi connectivity index (χ3v) is 5.73. The van der Waals surface area contributed by atoms with E-state index in [0.29, 0.717) is 30.2 Å². The van der Waals surface area contributed by atoms with Gasteiger partial charge in [-0.15, -0.1) is 0 Å². The van der Waals surface area contributed by atoms with Crippen LogP contribution in [0.5, 0.6) is 17.2 Å². The number of hydrogen-bond donors (Lipinski definition) is 0. The average Bonchev–Trinajstić information content (AvgIpc) is 2.83. The molecule has 0 spiro atoms. The molecule has 0 bridgehead atoms. The van der Waals surface area contributed by atoms with Gasteiger partial charge in [-0.05, 0) is 65.6 Å². The van der Waals surface area contributed by atoms with Crippen molar-refractivity contribution in [2.75, 3.05) is 27.9 Å². The highest BCUT2D eigenvalue weighted by atomic mass is 19.2. The first-order valence-corrected chi connectivity index (χ1v) is 10.1. The summed E-state index contributed by atoms with van der Waals surface area (Å²) in [7, 11) is 4.72. The predicted octanol–water partition coefficient (Wildman–Crippen LogP) is 4.78. The molecule has 3 aromatic carbocycles. The number of amides is 1. The topological polar surface area (TPSA) is 48.0 Å². The summed E-state index contributed by atoms with van der Waals surface area (Å²) in [4.78, 5) is 15.1. The highest BCUT2D eigenvalue weighted by Gasteiger charge is 2.34. The molecule has 0 saturated carbocycles. The number of ether oxygens (including phenoxy) is 3. The molecule has 166 valence electrons. The van der Waals surface area contributed by atoms with Crippen LogP contribution in [0, 0.1) is 11.6 Å². The number of hydrogen-bond acceptors (Lipinski definition) is 4. The van der Waals surface area contributed by atoms with Gasteiger partial charge >= 0.3 is 0 Å². The lowest BCUT2D eigenvalue weighted by Crippen LogP contribution is -2.40. The number of halogens is 2. The highest BCUT2D eigenvalue weighted by molar-refractivity contribution is 5.95. The van der Waals surface area contributed by atoms with Crippen molar-refractivity contribution in [1.29, 1.82) is 0 Å². The molecule has 7 heteroatoms. The number of benzene rings is 3. The van der Waals surface area contributed by atoms with Gasteiger partial charge in [0.2, 0.25) is 0 Å². The minimum absolute atomic E-state index is 0.0892. The molecule has 0 aliphatic carbocycles. The third-order valence-electron chi connectivity index (χ3n) is 5.73. The predicted molar refractivity (Wildman–Crippen MR) is 115 cm³/mol. The van der Waals surface area contributed by atoms with Crippen LogP contribution in [0.15, 0.2) is 54.6 Å². The molecule has 4 rings (SSSR count). The lowest BCUT2D eigenvalue weighted by atomic mass is 9.87. The summed E-state index contributed by atoms with van der Waals surface area (Å²) in [5.74, 6) is -0.581. The van der Waals surface area contributed by atoms with Crippen molar-refractivity contribution in [3.63, 3.8) is 0 Å². The Labute approximate surface area is 185 Å². The summed E-state index contributed by atoms with van der Waals surface area (Å²) in [6.45, 7) is 0.400. The first kappa shape index (κ1) is 21.6. The van der Waals surface area contributed by atoms with Crippen molar-refractivity contribution in [3.05, 3.63) is 88.5 Å². The van der Waals surface area contributed by atoms with E-state index in [-0.39, 0.29) is 11.5 Å². The number of carbonyl (C=O) groups is 1. The smallest absolute Gasteiger partial charge is 0.254 e. The van der Waals surface area contributed by atoms with Gasteiger partial charge in [-0.3, -0.25) is 4.79 Å². The molecule has 1 amide bonds. The summed E-state index contributed by atoms with van der Waals surface area (Å²) in [6.07, 6.45) is 0.581. The second-order valence-electron chi connectivity index (χ2n) is 7.46. The molecule has 1 unspecified atom stereocenters. The van der Waals surface area contributed by atoms with E-state index in [1.807, 2.05) is 36.4 Å². The fourth-order valence-electron chi connectivity index (χ4n) is 4.11. The van der Waals surface area contributed by atoms with Gasteiger partial charge in [0.25, 0.3) is 5.91 Å². The SMILES string of the molecule is COc1ccc(C2c3cc(OC)c(OC)cc3CCN2C(=O)c2ccc(F)c(F)c2)cc1. The Balaban J connectivity index is 1.84. The normalized spacial score (nSPS) is 15.2. The van der Waals surface area contributed by atoms with E-state index >= 15 is 0 Å². The van der Waals surface area contributed by atoms with Crippen LogP contribution in [0.2, 0.25) is 0 Å². The van der Waals surface area contributed by atoms with Gasteiger partial charge in [0, 0.05) is 12.1 Å². The van der Waals surface area contributed by atoms with Crippen LogP contribution in [0.25, 0.3) is 0 Å². The minimum Gasteiger partial charge on any atom is -0.497 e. The molecule has 1 atom stereocenters. The van der Waals surface area contributed by atoms with Crippen molar-refractivity contribution < 1.29 is 27.8 Å². The van der Waals surface area contributed by atoms with Crippen LogP contribution in [0.4, 0.5) is 8.78 Å². The lowest BCUT2D eigenvalue weighted by Gasteiger charge is -2.38. The molecule has 32 heavy (non-hydrogen) atoms. The largest absolute Gasteiger partial charge is 0.497 e. The van der Waals surface area contributed by atoms with E-state index in [0.717, 1.165) is 28.8 Å². The molecule has 5 nitrogen and oxygen atoms in total. The number of carbonyl (C=O) groups excluding carboxylic acids is 1. The molecular weight excluding hydrogens is 416 g/mol. The average molecular weight is 439 g/mol. The number of methoxy groups -OCH3 is 3. The van der Waals surface area contributed by atoms with Crippen LogP contribution in [-0.4, -0.2) is 38.7 Å². The van der Waals surface area contributed by atoms with E-state index in [2.05, 4.69) is 0 Å². The Bertz CT molecular complexity index is 1150. The van der Waals surface area contributed by atoms with Gasteiger partial charge in [0.05, 0.1) is 27.4 Å². The Morgan fingerprint density at radius 2 is 1.56 bits per heavy atom. The van der Waals surface area contributed by atoms with Crippen molar-refractivity contribution in [2.45, 2.75) is 12.5 Å². The van der Waals surface area contributed by atoms with Crippen LogP contribution in [0.1, 0.15) is 33.1 Å². The maximum absolute atomic E-state index is 13.8. The Morgan fingerprint density at radius 1 is 0.875 bits per heavy atom. The third kappa shape index (κ3) is 3.86. The number of rotatable bonds is 5. The first-order chi connectivity index (χ1) is 15.5. The van der Waals surface area contributed by atoms with Crippen LogP contribution < -0.4 is 14.2 Å². The quantitative estimate of drug-likeness (QED) is 0.574. The Hall–Kier alpha value is -3.61. The second-order valence-corrected chi connectivity index (χ2v) is 7.46. The Morgan fingerprint density at radius 3 is 2.19 bits per heavy atom. The van der Waals surface area contributed by atoms with Gasteiger partial charge in [0.1, 0.15) is 5.75 Å². The second kappa shape index (κ2) is 8.86. The molecule has 0 radical (unpaired) electrons. The van der Waals surface area contributed by atoms with Crippen molar-refractivity contribution in [2.24, 2.45) is 0 Å². The maximum Gasteiger partial charge on any atom is 0.254 e. The lowest BCUT2D eigenvalue weighted by molar-refractivity contribution is 0.0693. The van der Waals surface area contributed by atoms with Crippen LogP contribution in [-0.2, 0) is 6.42 Å². The molecule has 3 aromatic rings. The monoisotopic (exact) mass is 439 g/mol. The van der Waals surface area contributed by atoms with E-state index in [4.69, 9.17) is 14.2 Å². The van der Waals surface area contributed by atoms with Gasteiger partial charge in [0.15, 0.2) is 23.1 Å². The van der Waals surface area contributed by atoms with Crippen molar-refractivity contribution in [3.8, 4) is 17.2 Å². The Kier molecular flexibility index (Phi) is 5.99. The molecule has 0 saturated heterocycles. The van der Waals surface area contributed by atoms with E-state index in [9.17, 15) is 13.6 Å². The number of fused-ring (bicyclic) bond motifs is 1. The molecular formula is C25H23F2NO4. The molecule has 0 N–H and O–H groups in total.